The normalized spacial score (nSPS) is 10.2. The number of nitrogen functional groups attached to an aromatic ring is 1. The van der Waals surface area contributed by atoms with Crippen LogP contribution in [-0.2, 0) is 4.79 Å². The monoisotopic (exact) mass is 322 g/mol. The Labute approximate surface area is 132 Å². The van der Waals surface area contributed by atoms with Gasteiger partial charge in [-0.05, 0) is 30.3 Å². The van der Waals surface area contributed by atoms with Crippen molar-refractivity contribution in [3.8, 4) is 5.75 Å². The summed E-state index contributed by atoms with van der Waals surface area (Å²) in [6, 6.07) is 12.5. The number of carbonyl (C=O) groups is 1. The quantitative estimate of drug-likeness (QED) is 0.651. The molecule has 0 bridgehead atoms. The van der Waals surface area contributed by atoms with E-state index in [0.717, 1.165) is 4.90 Å². The maximum absolute atomic E-state index is 12.0. The van der Waals surface area contributed by atoms with Crippen molar-refractivity contribution < 1.29 is 9.53 Å². The average Bonchev–Trinajstić information content (AvgIpc) is 2.47. The van der Waals surface area contributed by atoms with Gasteiger partial charge in [0.1, 0.15) is 5.75 Å². The van der Waals surface area contributed by atoms with Crippen LogP contribution >= 0.6 is 23.4 Å². The van der Waals surface area contributed by atoms with Crippen molar-refractivity contribution in [3.63, 3.8) is 0 Å². The number of hydrogen-bond acceptors (Lipinski definition) is 4. The first kappa shape index (κ1) is 15.5. The Kier molecular flexibility index (Phi) is 5.36. The Morgan fingerprint density at radius 1 is 1.33 bits per heavy atom. The molecule has 0 atom stereocenters. The van der Waals surface area contributed by atoms with Crippen LogP contribution in [0.4, 0.5) is 11.4 Å². The molecule has 0 aliphatic carbocycles. The number of carbonyl (C=O) groups excluding carboxylic acids is 1. The van der Waals surface area contributed by atoms with Crippen molar-refractivity contribution in [1.29, 1.82) is 0 Å². The van der Waals surface area contributed by atoms with E-state index in [-0.39, 0.29) is 11.7 Å². The summed E-state index contributed by atoms with van der Waals surface area (Å²) in [6.07, 6.45) is 0. The number of amides is 1. The third-order valence-electron chi connectivity index (χ3n) is 2.71. The van der Waals surface area contributed by atoms with E-state index in [4.69, 9.17) is 22.1 Å². The number of thioether (sulfide) groups is 1. The van der Waals surface area contributed by atoms with E-state index < -0.39 is 0 Å². The van der Waals surface area contributed by atoms with Gasteiger partial charge >= 0.3 is 0 Å². The Morgan fingerprint density at radius 2 is 2.10 bits per heavy atom. The van der Waals surface area contributed by atoms with E-state index in [9.17, 15) is 4.79 Å². The van der Waals surface area contributed by atoms with Gasteiger partial charge in [-0.1, -0.05) is 23.7 Å². The maximum Gasteiger partial charge on any atom is 0.234 e. The molecule has 21 heavy (non-hydrogen) atoms. The van der Waals surface area contributed by atoms with Crippen LogP contribution in [0.2, 0.25) is 5.02 Å². The minimum Gasteiger partial charge on any atom is -0.495 e. The molecule has 3 N–H and O–H groups in total. The van der Waals surface area contributed by atoms with Crippen LogP contribution in [0.5, 0.6) is 5.75 Å². The second-order valence-electron chi connectivity index (χ2n) is 4.22. The molecular weight excluding hydrogens is 308 g/mol. The number of benzene rings is 2. The maximum atomic E-state index is 12.0. The van der Waals surface area contributed by atoms with Gasteiger partial charge in [-0.2, -0.15) is 0 Å². The number of halogens is 1. The molecule has 2 rings (SSSR count). The minimum atomic E-state index is -0.126. The van der Waals surface area contributed by atoms with Crippen LogP contribution in [0.3, 0.4) is 0 Å². The lowest BCUT2D eigenvalue weighted by atomic mass is 10.3. The summed E-state index contributed by atoms with van der Waals surface area (Å²) in [5.74, 6) is 0.755. The number of anilines is 2. The zero-order valence-electron chi connectivity index (χ0n) is 11.4. The van der Waals surface area contributed by atoms with Gasteiger partial charge in [0.15, 0.2) is 0 Å². The first-order valence-electron chi connectivity index (χ1n) is 6.21. The molecule has 0 heterocycles. The number of hydrogen-bond donors (Lipinski definition) is 2. The predicted molar refractivity (Wildman–Crippen MR) is 88.2 cm³/mol. The highest BCUT2D eigenvalue weighted by atomic mass is 35.5. The summed E-state index contributed by atoms with van der Waals surface area (Å²) in [7, 11) is 1.56. The van der Waals surface area contributed by atoms with Crippen molar-refractivity contribution in [1.82, 2.24) is 0 Å². The fourth-order valence-corrected chi connectivity index (χ4v) is 2.66. The molecular formula is C15H15ClN2O2S. The van der Waals surface area contributed by atoms with Crippen LogP contribution in [0, 0.1) is 0 Å². The van der Waals surface area contributed by atoms with E-state index in [1.807, 2.05) is 12.1 Å². The topological polar surface area (TPSA) is 64.3 Å². The molecule has 0 saturated carbocycles. The summed E-state index contributed by atoms with van der Waals surface area (Å²) >= 11 is 7.20. The van der Waals surface area contributed by atoms with Gasteiger partial charge in [0.25, 0.3) is 0 Å². The molecule has 0 aliphatic heterocycles. The Bertz CT molecular complexity index is 649. The highest BCUT2D eigenvalue weighted by Gasteiger charge is 2.09. The van der Waals surface area contributed by atoms with Gasteiger partial charge in [0.2, 0.25) is 5.91 Å². The standard InChI is InChI=1S/C15H15ClN2O2S/c1-20-13-5-3-2-4-12(13)18-15(19)9-21-14-7-6-10(16)8-11(14)17/h2-8H,9,17H2,1H3,(H,18,19). The molecule has 2 aromatic rings. The van der Waals surface area contributed by atoms with Crippen molar-refractivity contribution in [3.05, 3.63) is 47.5 Å². The van der Waals surface area contributed by atoms with E-state index in [0.29, 0.717) is 22.1 Å². The lowest BCUT2D eigenvalue weighted by Crippen LogP contribution is -2.14. The summed E-state index contributed by atoms with van der Waals surface area (Å²) in [5.41, 5.74) is 7.06. The van der Waals surface area contributed by atoms with Gasteiger partial charge in [-0.15, -0.1) is 11.8 Å². The summed E-state index contributed by atoms with van der Waals surface area (Å²) in [5, 5.41) is 3.39. The summed E-state index contributed by atoms with van der Waals surface area (Å²) < 4.78 is 5.19. The van der Waals surface area contributed by atoms with Crippen molar-refractivity contribution in [2.24, 2.45) is 0 Å². The fraction of sp³-hybridized carbons (Fsp3) is 0.133. The molecule has 0 unspecified atom stereocenters. The predicted octanol–water partition coefficient (Wildman–Crippen LogP) is 3.66. The first-order valence-corrected chi connectivity index (χ1v) is 7.57. The second-order valence-corrected chi connectivity index (χ2v) is 5.67. The minimum absolute atomic E-state index is 0.126. The third-order valence-corrected chi connectivity index (χ3v) is 4.04. The molecule has 2 aromatic carbocycles. The third kappa shape index (κ3) is 4.31. The molecule has 0 saturated heterocycles. The highest BCUT2D eigenvalue weighted by Crippen LogP contribution is 2.28. The zero-order valence-corrected chi connectivity index (χ0v) is 13.0. The van der Waals surface area contributed by atoms with Crippen LogP contribution in [0.15, 0.2) is 47.4 Å². The summed E-state index contributed by atoms with van der Waals surface area (Å²) in [4.78, 5) is 12.8. The van der Waals surface area contributed by atoms with Crippen LogP contribution < -0.4 is 15.8 Å². The number of ether oxygens (including phenoxy) is 1. The molecule has 1 amide bonds. The molecule has 0 aromatic heterocycles. The largest absolute Gasteiger partial charge is 0.495 e. The van der Waals surface area contributed by atoms with Crippen molar-refractivity contribution >= 4 is 40.6 Å². The number of nitrogens with one attached hydrogen (secondary N) is 1. The smallest absolute Gasteiger partial charge is 0.234 e. The van der Waals surface area contributed by atoms with E-state index in [2.05, 4.69) is 5.32 Å². The van der Waals surface area contributed by atoms with Crippen LogP contribution in [0.1, 0.15) is 0 Å². The van der Waals surface area contributed by atoms with Crippen LogP contribution in [0.25, 0.3) is 0 Å². The number of methoxy groups -OCH3 is 1. The van der Waals surface area contributed by atoms with Crippen LogP contribution in [-0.4, -0.2) is 18.8 Å². The van der Waals surface area contributed by atoms with Gasteiger partial charge in [-0.25, -0.2) is 0 Å². The highest BCUT2D eigenvalue weighted by molar-refractivity contribution is 8.00. The van der Waals surface area contributed by atoms with Gasteiger partial charge in [0, 0.05) is 15.6 Å². The Hall–Kier alpha value is -1.85. The summed E-state index contributed by atoms with van der Waals surface area (Å²) in [6.45, 7) is 0. The van der Waals surface area contributed by atoms with E-state index >= 15 is 0 Å². The lowest BCUT2D eigenvalue weighted by Gasteiger charge is -2.10. The van der Waals surface area contributed by atoms with E-state index in [1.165, 1.54) is 11.8 Å². The van der Waals surface area contributed by atoms with Crippen molar-refractivity contribution in [2.45, 2.75) is 4.90 Å². The molecule has 0 spiro atoms. The molecule has 0 radical (unpaired) electrons. The van der Waals surface area contributed by atoms with E-state index in [1.54, 1.807) is 37.4 Å². The first-order chi connectivity index (χ1) is 10.1. The lowest BCUT2D eigenvalue weighted by molar-refractivity contribution is -0.113. The SMILES string of the molecule is COc1ccccc1NC(=O)CSc1ccc(Cl)cc1N. The van der Waals surface area contributed by atoms with Gasteiger partial charge in [0.05, 0.1) is 18.6 Å². The molecule has 0 aliphatic rings. The molecule has 110 valence electrons. The second kappa shape index (κ2) is 7.24. The molecule has 0 fully saturated rings. The van der Waals surface area contributed by atoms with Crippen molar-refractivity contribution in [2.75, 3.05) is 23.9 Å². The Balaban J connectivity index is 1.96. The number of para-hydroxylation sites is 2. The molecule has 6 heteroatoms. The number of rotatable bonds is 5. The zero-order chi connectivity index (χ0) is 15.2. The molecule has 4 nitrogen and oxygen atoms in total. The average molecular weight is 323 g/mol. The fourth-order valence-electron chi connectivity index (χ4n) is 1.73. The van der Waals surface area contributed by atoms with Gasteiger partial charge < -0.3 is 15.8 Å². The number of nitrogens with two attached hydrogens (primary N) is 1. The Morgan fingerprint density at radius 3 is 2.81 bits per heavy atom. The van der Waals surface area contributed by atoms with Gasteiger partial charge in [-0.3, -0.25) is 4.79 Å².